The summed E-state index contributed by atoms with van der Waals surface area (Å²) < 4.78 is 18.1. The van der Waals surface area contributed by atoms with Gasteiger partial charge in [-0.05, 0) is 35.4 Å². The van der Waals surface area contributed by atoms with Crippen LogP contribution in [0.4, 0.5) is 4.39 Å². The fourth-order valence-electron chi connectivity index (χ4n) is 1.85. The van der Waals surface area contributed by atoms with Gasteiger partial charge in [-0.1, -0.05) is 24.3 Å². The molecule has 0 saturated heterocycles. The first kappa shape index (κ1) is 12.6. The number of aliphatic hydroxyl groups is 1. The second kappa shape index (κ2) is 5.65. The summed E-state index contributed by atoms with van der Waals surface area (Å²) in [6.45, 7) is 0. The minimum atomic E-state index is -0.665. The molecule has 0 aliphatic rings. The summed E-state index contributed by atoms with van der Waals surface area (Å²) >= 11 is 0. The largest absolute Gasteiger partial charge is 0.497 e. The summed E-state index contributed by atoms with van der Waals surface area (Å²) in [7, 11) is 1.58. The van der Waals surface area contributed by atoms with E-state index in [-0.39, 0.29) is 5.82 Å². The number of hydrogen-bond acceptors (Lipinski definition) is 2. The third kappa shape index (κ3) is 3.08. The lowest BCUT2D eigenvalue weighted by atomic mass is 10.0. The van der Waals surface area contributed by atoms with E-state index in [9.17, 15) is 9.50 Å². The molecule has 0 radical (unpaired) electrons. The molecule has 1 N–H and O–H groups in total. The zero-order valence-electron chi connectivity index (χ0n) is 10.1. The average Bonchev–Trinajstić information content (AvgIpc) is 2.39. The number of aliphatic hydroxyl groups excluding tert-OH is 1. The number of halogens is 1. The van der Waals surface area contributed by atoms with Gasteiger partial charge < -0.3 is 9.84 Å². The van der Waals surface area contributed by atoms with Gasteiger partial charge in [0.25, 0.3) is 0 Å². The van der Waals surface area contributed by atoms with Crippen molar-refractivity contribution in [2.45, 2.75) is 12.5 Å². The molecule has 0 fully saturated rings. The minimum Gasteiger partial charge on any atom is -0.497 e. The van der Waals surface area contributed by atoms with E-state index in [1.54, 1.807) is 25.3 Å². The lowest BCUT2D eigenvalue weighted by Gasteiger charge is -2.12. The summed E-state index contributed by atoms with van der Waals surface area (Å²) in [5, 5.41) is 10.1. The molecule has 1 atom stereocenters. The van der Waals surface area contributed by atoms with Crippen LogP contribution in [0.5, 0.6) is 5.75 Å². The molecule has 1 unspecified atom stereocenters. The summed E-state index contributed by atoms with van der Waals surface area (Å²) in [6.07, 6.45) is -0.285. The van der Waals surface area contributed by atoms with E-state index < -0.39 is 6.10 Å². The monoisotopic (exact) mass is 246 g/mol. The van der Waals surface area contributed by atoms with Gasteiger partial charge in [-0.3, -0.25) is 0 Å². The summed E-state index contributed by atoms with van der Waals surface area (Å²) in [5.41, 5.74) is 1.53. The van der Waals surface area contributed by atoms with E-state index in [0.717, 1.165) is 11.1 Å². The standard InChI is InChI=1S/C15H15FO2/c1-18-14-7-3-5-12(10-14)15(17)9-11-4-2-6-13(16)8-11/h2-8,10,15,17H,9H2,1H3. The molecule has 0 aromatic heterocycles. The van der Waals surface area contributed by atoms with Gasteiger partial charge >= 0.3 is 0 Å². The van der Waals surface area contributed by atoms with E-state index in [1.165, 1.54) is 12.1 Å². The van der Waals surface area contributed by atoms with E-state index in [0.29, 0.717) is 12.2 Å². The predicted octanol–water partition coefficient (Wildman–Crippen LogP) is 3.11. The van der Waals surface area contributed by atoms with Gasteiger partial charge in [-0.15, -0.1) is 0 Å². The van der Waals surface area contributed by atoms with Gasteiger partial charge in [0.2, 0.25) is 0 Å². The first-order valence-electron chi connectivity index (χ1n) is 5.75. The number of rotatable bonds is 4. The normalized spacial score (nSPS) is 12.2. The molecule has 94 valence electrons. The van der Waals surface area contributed by atoms with E-state index in [1.807, 2.05) is 18.2 Å². The highest BCUT2D eigenvalue weighted by atomic mass is 19.1. The van der Waals surface area contributed by atoms with Gasteiger partial charge in [-0.25, -0.2) is 4.39 Å². The topological polar surface area (TPSA) is 29.5 Å². The third-order valence-corrected chi connectivity index (χ3v) is 2.80. The Bertz CT molecular complexity index is 525. The molecule has 2 nitrogen and oxygen atoms in total. The van der Waals surface area contributed by atoms with Crippen molar-refractivity contribution in [3.8, 4) is 5.75 Å². The van der Waals surface area contributed by atoms with Crippen molar-refractivity contribution >= 4 is 0 Å². The van der Waals surface area contributed by atoms with Crippen LogP contribution in [0.3, 0.4) is 0 Å². The maximum atomic E-state index is 13.0. The van der Waals surface area contributed by atoms with Crippen LogP contribution < -0.4 is 4.74 Å². The molecule has 2 aromatic rings. The highest BCUT2D eigenvalue weighted by molar-refractivity contribution is 5.31. The van der Waals surface area contributed by atoms with Crippen LogP contribution in [0.25, 0.3) is 0 Å². The molecule has 0 bridgehead atoms. The highest BCUT2D eigenvalue weighted by Gasteiger charge is 2.09. The van der Waals surface area contributed by atoms with Gasteiger partial charge in [0.1, 0.15) is 11.6 Å². The lowest BCUT2D eigenvalue weighted by Crippen LogP contribution is -2.02. The van der Waals surface area contributed by atoms with E-state index in [2.05, 4.69) is 0 Å². The first-order chi connectivity index (χ1) is 8.69. The second-order valence-electron chi connectivity index (χ2n) is 4.13. The lowest BCUT2D eigenvalue weighted by molar-refractivity contribution is 0.178. The molecule has 0 saturated carbocycles. The first-order valence-corrected chi connectivity index (χ1v) is 5.75. The average molecular weight is 246 g/mol. The highest BCUT2D eigenvalue weighted by Crippen LogP contribution is 2.22. The van der Waals surface area contributed by atoms with Crippen molar-refractivity contribution in [2.75, 3.05) is 7.11 Å². The number of hydrogen-bond donors (Lipinski definition) is 1. The maximum Gasteiger partial charge on any atom is 0.123 e. The van der Waals surface area contributed by atoms with Crippen molar-refractivity contribution < 1.29 is 14.2 Å². The molecule has 3 heteroatoms. The van der Waals surface area contributed by atoms with Crippen molar-refractivity contribution in [1.29, 1.82) is 0 Å². The van der Waals surface area contributed by atoms with E-state index in [4.69, 9.17) is 4.74 Å². The minimum absolute atomic E-state index is 0.287. The Labute approximate surface area is 106 Å². The van der Waals surface area contributed by atoms with Crippen LogP contribution in [0.1, 0.15) is 17.2 Å². The van der Waals surface area contributed by atoms with Crippen molar-refractivity contribution in [3.05, 3.63) is 65.5 Å². The fraction of sp³-hybridized carbons (Fsp3) is 0.200. The number of ether oxygens (including phenoxy) is 1. The zero-order valence-corrected chi connectivity index (χ0v) is 10.1. The Balaban J connectivity index is 2.13. The molecule has 0 heterocycles. The van der Waals surface area contributed by atoms with Gasteiger partial charge in [0.05, 0.1) is 13.2 Å². The smallest absolute Gasteiger partial charge is 0.123 e. The zero-order chi connectivity index (χ0) is 13.0. The predicted molar refractivity (Wildman–Crippen MR) is 68.1 cm³/mol. The number of methoxy groups -OCH3 is 1. The molecule has 0 aliphatic heterocycles. The molecule has 2 aromatic carbocycles. The maximum absolute atomic E-state index is 13.0. The Morgan fingerprint density at radius 1 is 1.17 bits per heavy atom. The summed E-state index contributed by atoms with van der Waals surface area (Å²) in [6, 6.07) is 13.5. The van der Waals surface area contributed by atoms with Gasteiger partial charge in [0, 0.05) is 6.42 Å². The Morgan fingerprint density at radius 3 is 2.67 bits per heavy atom. The molecular formula is C15H15FO2. The Kier molecular flexibility index (Phi) is 3.95. The van der Waals surface area contributed by atoms with Crippen LogP contribution in [-0.4, -0.2) is 12.2 Å². The summed E-state index contributed by atoms with van der Waals surface area (Å²) in [4.78, 5) is 0. The van der Waals surface area contributed by atoms with E-state index >= 15 is 0 Å². The van der Waals surface area contributed by atoms with Crippen LogP contribution in [0.15, 0.2) is 48.5 Å². The Morgan fingerprint density at radius 2 is 1.94 bits per heavy atom. The molecule has 2 rings (SSSR count). The SMILES string of the molecule is COc1cccc(C(O)Cc2cccc(F)c2)c1. The third-order valence-electron chi connectivity index (χ3n) is 2.80. The molecular weight excluding hydrogens is 231 g/mol. The Hall–Kier alpha value is -1.87. The van der Waals surface area contributed by atoms with Crippen molar-refractivity contribution in [1.82, 2.24) is 0 Å². The van der Waals surface area contributed by atoms with Crippen LogP contribution >= 0.6 is 0 Å². The second-order valence-corrected chi connectivity index (χ2v) is 4.13. The van der Waals surface area contributed by atoms with Crippen molar-refractivity contribution in [3.63, 3.8) is 0 Å². The molecule has 18 heavy (non-hydrogen) atoms. The fourth-order valence-corrected chi connectivity index (χ4v) is 1.85. The molecule has 0 amide bonds. The van der Waals surface area contributed by atoms with Gasteiger partial charge in [-0.2, -0.15) is 0 Å². The molecule has 0 spiro atoms. The van der Waals surface area contributed by atoms with Crippen LogP contribution in [0.2, 0.25) is 0 Å². The van der Waals surface area contributed by atoms with Crippen LogP contribution in [-0.2, 0) is 6.42 Å². The quantitative estimate of drug-likeness (QED) is 0.898. The number of benzene rings is 2. The van der Waals surface area contributed by atoms with Gasteiger partial charge in [0.15, 0.2) is 0 Å². The van der Waals surface area contributed by atoms with Crippen molar-refractivity contribution in [2.24, 2.45) is 0 Å². The summed E-state index contributed by atoms with van der Waals surface area (Å²) in [5.74, 6) is 0.413. The van der Waals surface area contributed by atoms with Crippen LogP contribution in [0, 0.1) is 5.82 Å². The molecule has 0 aliphatic carbocycles.